The summed E-state index contributed by atoms with van der Waals surface area (Å²) in [6.45, 7) is 2.23. The van der Waals surface area contributed by atoms with Crippen LogP contribution in [-0.2, 0) is 6.61 Å². The van der Waals surface area contributed by atoms with Crippen LogP contribution in [0.2, 0.25) is 5.02 Å². The molecule has 0 spiro atoms. The lowest BCUT2D eigenvalue weighted by atomic mass is 10.0. The number of benzene rings is 3. The molecular formula is C24H18ClFN2O4. The fourth-order valence-corrected chi connectivity index (χ4v) is 3.26. The van der Waals surface area contributed by atoms with Crippen molar-refractivity contribution in [2.24, 2.45) is 0 Å². The highest BCUT2D eigenvalue weighted by Crippen LogP contribution is 2.38. The van der Waals surface area contributed by atoms with Crippen LogP contribution < -0.4 is 9.47 Å². The molecule has 0 aliphatic heterocycles. The van der Waals surface area contributed by atoms with Crippen molar-refractivity contribution in [3.05, 3.63) is 98.3 Å². The van der Waals surface area contributed by atoms with Crippen LogP contribution in [-0.4, -0.2) is 11.5 Å². The minimum Gasteiger partial charge on any atom is -0.490 e. The molecule has 0 unspecified atom stereocenters. The van der Waals surface area contributed by atoms with Crippen LogP contribution in [0.15, 0.2) is 60.7 Å². The Morgan fingerprint density at radius 2 is 1.97 bits per heavy atom. The molecule has 162 valence electrons. The molecule has 6 nitrogen and oxygen atoms in total. The lowest BCUT2D eigenvalue weighted by Crippen LogP contribution is -2.01. The van der Waals surface area contributed by atoms with Crippen molar-refractivity contribution in [3.8, 4) is 17.6 Å². The average molecular weight is 453 g/mol. The molecule has 3 aromatic rings. The van der Waals surface area contributed by atoms with Crippen molar-refractivity contribution in [1.29, 1.82) is 5.26 Å². The minimum atomic E-state index is -0.521. The normalized spacial score (nSPS) is 11.0. The number of ether oxygens (including phenoxy) is 2. The number of hydrogen-bond donors (Lipinski definition) is 0. The standard InChI is InChI=1S/C24H18ClFN2O4/c1-2-31-23-12-17(9-19(14-27)18-6-4-8-21(13-18)28(29)30)11-22(25)24(23)32-15-16-5-3-7-20(26)10-16/h3-13H,2,15H2,1H3. The largest absolute Gasteiger partial charge is 0.490 e. The maximum Gasteiger partial charge on any atom is 0.270 e. The molecule has 32 heavy (non-hydrogen) atoms. The van der Waals surface area contributed by atoms with E-state index in [1.807, 2.05) is 0 Å². The van der Waals surface area contributed by atoms with Gasteiger partial charge in [-0.1, -0.05) is 35.9 Å². The fraction of sp³-hybridized carbons (Fsp3) is 0.125. The maximum atomic E-state index is 13.4. The molecular weight excluding hydrogens is 435 g/mol. The third-order valence-corrected chi connectivity index (χ3v) is 4.68. The lowest BCUT2D eigenvalue weighted by Gasteiger charge is -2.15. The summed E-state index contributed by atoms with van der Waals surface area (Å²) in [4.78, 5) is 10.5. The molecule has 8 heteroatoms. The third kappa shape index (κ3) is 5.62. The number of hydrogen-bond acceptors (Lipinski definition) is 5. The first-order chi connectivity index (χ1) is 15.4. The smallest absolute Gasteiger partial charge is 0.270 e. The van der Waals surface area contributed by atoms with E-state index in [2.05, 4.69) is 6.07 Å². The first-order valence-electron chi connectivity index (χ1n) is 9.61. The molecule has 0 heterocycles. The molecule has 0 amide bonds. The van der Waals surface area contributed by atoms with Crippen molar-refractivity contribution >= 4 is 28.9 Å². The van der Waals surface area contributed by atoms with Crippen molar-refractivity contribution < 1.29 is 18.8 Å². The number of non-ortho nitro benzene ring substituents is 1. The molecule has 0 aliphatic rings. The van der Waals surface area contributed by atoms with E-state index in [9.17, 15) is 19.8 Å². The highest BCUT2D eigenvalue weighted by atomic mass is 35.5. The van der Waals surface area contributed by atoms with Crippen molar-refractivity contribution in [2.75, 3.05) is 6.61 Å². The first-order valence-corrected chi connectivity index (χ1v) is 9.99. The van der Waals surface area contributed by atoms with E-state index < -0.39 is 4.92 Å². The van der Waals surface area contributed by atoms with E-state index in [0.29, 0.717) is 34.8 Å². The van der Waals surface area contributed by atoms with Crippen molar-refractivity contribution in [1.82, 2.24) is 0 Å². The van der Waals surface area contributed by atoms with E-state index in [-0.39, 0.29) is 28.7 Å². The number of halogens is 2. The summed E-state index contributed by atoms with van der Waals surface area (Å²) in [6.07, 6.45) is 1.56. The summed E-state index contributed by atoms with van der Waals surface area (Å²) in [6, 6.07) is 17.2. The molecule has 0 saturated carbocycles. The lowest BCUT2D eigenvalue weighted by molar-refractivity contribution is -0.384. The Morgan fingerprint density at radius 3 is 2.66 bits per heavy atom. The SMILES string of the molecule is CCOc1cc(C=C(C#N)c2cccc([N+](=O)[O-])c2)cc(Cl)c1OCc1cccc(F)c1. The van der Waals surface area contributed by atoms with Crippen LogP contribution in [0.25, 0.3) is 11.6 Å². The van der Waals surface area contributed by atoms with Gasteiger partial charge in [0, 0.05) is 12.1 Å². The van der Waals surface area contributed by atoms with Crippen LogP contribution in [0, 0.1) is 27.3 Å². The second-order valence-electron chi connectivity index (χ2n) is 6.66. The molecule has 0 saturated heterocycles. The molecule has 0 radical (unpaired) electrons. The summed E-state index contributed by atoms with van der Waals surface area (Å²) in [5, 5.41) is 20.9. The van der Waals surface area contributed by atoms with Gasteiger partial charge in [-0.2, -0.15) is 5.26 Å². The van der Waals surface area contributed by atoms with Gasteiger partial charge in [0.15, 0.2) is 11.5 Å². The van der Waals surface area contributed by atoms with Crippen LogP contribution in [0.5, 0.6) is 11.5 Å². The number of nitrogens with zero attached hydrogens (tertiary/aromatic N) is 2. The number of nitriles is 1. The van der Waals surface area contributed by atoms with Crippen LogP contribution in [0.4, 0.5) is 10.1 Å². The zero-order valence-corrected chi connectivity index (χ0v) is 17.8. The van der Waals surface area contributed by atoms with Gasteiger partial charge in [-0.15, -0.1) is 0 Å². The Labute approximate surface area is 189 Å². The Morgan fingerprint density at radius 1 is 1.19 bits per heavy atom. The van der Waals surface area contributed by atoms with Crippen LogP contribution in [0.3, 0.4) is 0 Å². The van der Waals surface area contributed by atoms with Gasteiger partial charge in [0.05, 0.1) is 28.2 Å². The topological polar surface area (TPSA) is 85.4 Å². The van der Waals surface area contributed by atoms with Crippen LogP contribution in [0.1, 0.15) is 23.6 Å². The highest BCUT2D eigenvalue weighted by molar-refractivity contribution is 6.32. The molecule has 0 fully saturated rings. The van der Waals surface area contributed by atoms with Gasteiger partial charge in [0.25, 0.3) is 5.69 Å². The van der Waals surface area contributed by atoms with E-state index >= 15 is 0 Å². The van der Waals surface area contributed by atoms with Crippen molar-refractivity contribution in [3.63, 3.8) is 0 Å². The van der Waals surface area contributed by atoms with Gasteiger partial charge < -0.3 is 9.47 Å². The quantitative estimate of drug-likeness (QED) is 0.170. The molecule has 0 atom stereocenters. The van der Waals surface area contributed by atoms with Gasteiger partial charge in [0.1, 0.15) is 12.4 Å². The minimum absolute atomic E-state index is 0.0872. The predicted octanol–water partition coefficient (Wildman–Crippen LogP) is 6.43. The van der Waals surface area contributed by atoms with E-state index in [1.165, 1.54) is 30.3 Å². The van der Waals surface area contributed by atoms with Gasteiger partial charge in [-0.25, -0.2) is 4.39 Å². The molecule has 3 rings (SSSR count). The predicted molar refractivity (Wildman–Crippen MR) is 120 cm³/mol. The molecule has 0 aromatic heterocycles. The first kappa shape index (κ1) is 22.8. The second kappa shape index (κ2) is 10.4. The molecule has 0 aliphatic carbocycles. The Bertz CT molecular complexity index is 1220. The number of nitro benzene ring substituents is 1. The monoisotopic (exact) mass is 452 g/mol. The van der Waals surface area contributed by atoms with Crippen molar-refractivity contribution in [2.45, 2.75) is 13.5 Å². The summed E-state index contributed by atoms with van der Waals surface area (Å²) in [5.41, 5.74) is 1.70. The van der Waals surface area contributed by atoms with Gasteiger partial charge >= 0.3 is 0 Å². The fourth-order valence-electron chi connectivity index (χ4n) is 2.99. The van der Waals surface area contributed by atoms with Gasteiger partial charge in [-0.3, -0.25) is 10.1 Å². The van der Waals surface area contributed by atoms with E-state index in [0.717, 1.165) is 0 Å². The Kier molecular flexibility index (Phi) is 7.42. The average Bonchev–Trinajstić information content (AvgIpc) is 2.77. The Hall–Kier alpha value is -3.89. The zero-order chi connectivity index (χ0) is 23.1. The summed E-state index contributed by atoms with van der Waals surface area (Å²) < 4.78 is 24.9. The second-order valence-corrected chi connectivity index (χ2v) is 7.07. The molecule has 3 aromatic carbocycles. The summed E-state index contributed by atoms with van der Waals surface area (Å²) >= 11 is 6.43. The summed E-state index contributed by atoms with van der Waals surface area (Å²) in [7, 11) is 0. The maximum absolute atomic E-state index is 13.4. The highest BCUT2D eigenvalue weighted by Gasteiger charge is 2.14. The zero-order valence-electron chi connectivity index (χ0n) is 17.0. The molecule has 0 bridgehead atoms. The van der Waals surface area contributed by atoms with E-state index in [4.69, 9.17) is 21.1 Å². The van der Waals surface area contributed by atoms with Gasteiger partial charge in [0.2, 0.25) is 0 Å². The number of allylic oxidation sites excluding steroid dienone is 1. The molecule has 0 N–H and O–H groups in total. The number of rotatable bonds is 8. The van der Waals surface area contributed by atoms with Gasteiger partial charge in [-0.05, 0) is 54.0 Å². The third-order valence-electron chi connectivity index (χ3n) is 4.40. The Balaban J connectivity index is 1.94. The van der Waals surface area contributed by atoms with E-state index in [1.54, 1.807) is 43.3 Å². The number of nitro groups is 1. The van der Waals surface area contributed by atoms with Crippen LogP contribution >= 0.6 is 11.6 Å². The summed E-state index contributed by atoms with van der Waals surface area (Å²) in [5.74, 6) is 0.288.